The molecule has 2 rings (SSSR count). The molecule has 2 aromatic carbocycles. The second-order valence-corrected chi connectivity index (χ2v) is 4.33. The molecule has 2 aromatic rings. The molecule has 4 heteroatoms. The Morgan fingerprint density at radius 1 is 1.05 bits per heavy atom. The number of carbonyl (C=O) groups is 1. The van der Waals surface area contributed by atoms with Crippen LogP contribution in [0.25, 0.3) is 0 Å². The van der Waals surface area contributed by atoms with Gasteiger partial charge >= 0.3 is 0 Å². The van der Waals surface area contributed by atoms with E-state index < -0.39 is 5.82 Å². The summed E-state index contributed by atoms with van der Waals surface area (Å²) in [4.78, 5) is 12.7. The summed E-state index contributed by atoms with van der Waals surface area (Å²) in [6.07, 6.45) is 0. The molecule has 0 unspecified atom stereocenters. The van der Waals surface area contributed by atoms with Crippen molar-refractivity contribution in [2.45, 2.75) is 6.92 Å². The average Bonchev–Trinajstić information content (AvgIpc) is 2.48. The predicted molar refractivity (Wildman–Crippen MR) is 74.1 cm³/mol. The summed E-state index contributed by atoms with van der Waals surface area (Å²) in [6, 6.07) is 9.20. The molecule has 20 heavy (non-hydrogen) atoms. The van der Waals surface area contributed by atoms with E-state index in [0.29, 0.717) is 28.2 Å². The van der Waals surface area contributed by atoms with Crippen molar-refractivity contribution in [3.8, 4) is 11.5 Å². The lowest BCUT2D eigenvalue weighted by Gasteiger charge is -2.13. The lowest BCUT2D eigenvalue weighted by Crippen LogP contribution is -2.08. The van der Waals surface area contributed by atoms with Gasteiger partial charge in [0.1, 0.15) is 22.9 Å². The van der Waals surface area contributed by atoms with Crippen LogP contribution in [0.5, 0.6) is 11.5 Å². The van der Waals surface area contributed by atoms with Crippen LogP contribution < -0.4 is 9.47 Å². The second-order valence-electron chi connectivity index (χ2n) is 4.33. The molecule has 104 valence electrons. The molecular weight excluding hydrogens is 259 g/mol. The number of ketones is 1. The fraction of sp³-hybridized carbons (Fsp3) is 0.188. The van der Waals surface area contributed by atoms with Gasteiger partial charge in [-0.3, -0.25) is 4.79 Å². The highest BCUT2D eigenvalue weighted by Crippen LogP contribution is 2.31. The number of rotatable bonds is 4. The highest BCUT2D eigenvalue weighted by Gasteiger charge is 2.21. The normalized spacial score (nSPS) is 10.2. The molecule has 0 aliphatic carbocycles. The molecule has 0 aromatic heterocycles. The minimum Gasteiger partial charge on any atom is -0.496 e. The van der Waals surface area contributed by atoms with E-state index in [2.05, 4.69) is 0 Å². The molecule has 0 radical (unpaired) electrons. The van der Waals surface area contributed by atoms with Crippen molar-refractivity contribution >= 4 is 5.78 Å². The summed E-state index contributed by atoms with van der Waals surface area (Å²) in [5, 5.41) is 0. The number of carbonyl (C=O) groups excluding carboxylic acids is 1. The van der Waals surface area contributed by atoms with E-state index in [-0.39, 0.29) is 5.78 Å². The second kappa shape index (κ2) is 5.74. The van der Waals surface area contributed by atoms with Crippen LogP contribution in [0.2, 0.25) is 0 Å². The molecule has 0 bridgehead atoms. The highest BCUT2D eigenvalue weighted by molar-refractivity contribution is 6.13. The predicted octanol–water partition coefficient (Wildman–Crippen LogP) is 3.38. The number of aryl methyl sites for hydroxylation is 1. The van der Waals surface area contributed by atoms with Crippen LogP contribution in [-0.2, 0) is 0 Å². The molecule has 0 amide bonds. The van der Waals surface area contributed by atoms with Gasteiger partial charge in [-0.25, -0.2) is 4.39 Å². The maximum atomic E-state index is 13.4. The first-order valence-electron chi connectivity index (χ1n) is 6.10. The molecule has 0 aliphatic heterocycles. The Bertz CT molecular complexity index is 628. The SMILES string of the molecule is COc1cccc(OC)c1C(=O)c1cc(F)ccc1C. The third-order valence-electron chi connectivity index (χ3n) is 3.10. The molecule has 3 nitrogen and oxygen atoms in total. The fourth-order valence-electron chi connectivity index (χ4n) is 2.05. The van der Waals surface area contributed by atoms with Crippen LogP contribution >= 0.6 is 0 Å². The number of ether oxygens (including phenoxy) is 2. The number of hydrogen-bond acceptors (Lipinski definition) is 3. The molecule has 0 fully saturated rings. The average molecular weight is 274 g/mol. The lowest BCUT2D eigenvalue weighted by molar-refractivity contribution is 0.103. The van der Waals surface area contributed by atoms with Gasteiger partial charge in [0.05, 0.1) is 14.2 Å². The van der Waals surface area contributed by atoms with Crippen molar-refractivity contribution in [2.75, 3.05) is 14.2 Å². The summed E-state index contributed by atoms with van der Waals surface area (Å²) in [5.74, 6) is 0.0279. The quantitative estimate of drug-likeness (QED) is 0.802. The summed E-state index contributed by atoms with van der Waals surface area (Å²) in [7, 11) is 2.95. The van der Waals surface area contributed by atoms with Gasteiger partial charge in [-0.15, -0.1) is 0 Å². The van der Waals surface area contributed by atoms with Crippen LogP contribution in [0.1, 0.15) is 21.5 Å². The van der Waals surface area contributed by atoms with E-state index in [1.54, 1.807) is 31.2 Å². The van der Waals surface area contributed by atoms with Crippen LogP contribution in [0.15, 0.2) is 36.4 Å². The van der Waals surface area contributed by atoms with Gasteiger partial charge in [-0.2, -0.15) is 0 Å². The Balaban J connectivity index is 2.61. The van der Waals surface area contributed by atoms with Gasteiger partial charge in [0, 0.05) is 5.56 Å². The molecular formula is C16H15FO3. The summed E-state index contributed by atoms with van der Waals surface area (Å²) >= 11 is 0. The Morgan fingerprint density at radius 3 is 2.20 bits per heavy atom. The van der Waals surface area contributed by atoms with Crippen LogP contribution in [0, 0.1) is 12.7 Å². The standard InChI is InChI=1S/C16H15FO3/c1-10-7-8-11(17)9-12(10)16(18)15-13(19-2)5-4-6-14(15)20-3/h4-9H,1-3H3. The molecule has 0 N–H and O–H groups in total. The van der Waals surface area contributed by atoms with E-state index in [4.69, 9.17) is 9.47 Å². The van der Waals surface area contributed by atoms with Crippen molar-refractivity contribution < 1.29 is 18.7 Å². The number of halogens is 1. The zero-order valence-corrected chi connectivity index (χ0v) is 11.6. The first-order chi connectivity index (χ1) is 9.58. The molecule has 0 saturated heterocycles. The first-order valence-corrected chi connectivity index (χ1v) is 6.10. The fourth-order valence-corrected chi connectivity index (χ4v) is 2.05. The summed E-state index contributed by atoms with van der Waals surface area (Å²) < 4.78 is 23.8. The number of hydrogen-bond donors (Lipinski definition) is 0. The molecule has 0 heterocycles. The third kappa shape index (κ3) is 2.50. The Labute approximate surface area is 117 Å². The minimum atomic E-state index is -0.451. The van der Waals surface area contributed by atoms with E-state index in [1.807, 2.05) is 0 Å². The number of benzene rings is 2. The van der Waals surface area contributed by atoms with E-state index in [1.165, 1.54) is 26.4 Å². The van der Waals surface area contributed by atoms with Crippen LogP contribution in [-0.4, -0.2) is 20.0 Å². The molecule has 0 atom stereocenters. The van der Waals surface area contributed by atoms with Crippen molar-refractivity contribution in [3.63, 3.8) is 0 Å². The maximum Gasteiger partial charge on any atom is 0.200 e. The zero-order valence-electron chi connectivity index (χ0n) is 11.6. The third-order valence-corrected chi connectivity index (χ3v) is 3.10. The van der Waals surface area contributed by atoms with Crippen molar-refractivity contribution in [1.82, 2.24) is 0 Å². The number of methoxy groups -OCH3 is 2. The topological polar surface area (TPSA) is 35.5 Å². The summed E-state index contributed by atoms with van der Waals surface area (Å²) in [6.45, 7) is 1.76. The first kappa shape index (κ1) is 14.1. The van der Waals surface area contributed by atoms with Gasteiger partial charge in [0.15, 0.2) is 0 Å². The van der Waals surface area contributed by atoms with Gasteiger partial charge in [-0.1, -0.05) is 12.1 Å². The van der Waals surface area contributed by atoms with Gasteiger partial charge in [0.2, 0.25) is 5.78 Å². The van der Waals surface area contributed by atoms with E-state index in [0.717, 1.165) is 0 Å². The smallest absolute Gasteiger partial charge is 0.200 e. The largest absolute Gasteiger partial charge is 0.496 e. The maximum absolute atomic E-state index is 13.4. The Hall–Kier alpha value is -2.36. The Kier molecular flexibility index (Phi) is 4.03. The molecule has 0 aliphatic rings. The molecule has 0 saturated carbocycles. The van der Waals surface area contributed by atoms with Crippen molar-refractivity contribution in [1.29, 1.82) is 0 Å². The van der Waals surface area contributed by atoms with Gasteiger partial charge < -0.3 is 9.47 Å². The highest BCUT2D eigenvalue weighted by atomic mass is 19.1. The van der Waals surface area contributed by atoms with Gasteiger partial charge in [0.25, 0.3) is 0 Å². The van der Waals surface area contributed by atoms with Crippen molar-refractivity contribution in [3.05, 3.63) is 58.9 Å². The van der Waals surface area contributed by atoms with Crippen molar-refractivity contribution in [2.24, 2.45) is 0 Å². The van der Waals surface area contributed by atoms with Gasteiger partial charge in [-0.05, 0) is 36.8 Å². The van der Waals surface area contributed by atoms with Crippen LogP contribution in [0.3, 0.4) is 0 Å². The monoisotopic (exact) mass is 274 g/mol. The summed E-state index contributed by atoms with van der Waals surface area (Å²) in [5.41, 5.74) is 1.29. The lowest BCUT2D eigenvalue weighted by atomic mass is 9.97. The van der Waals surface area contributed by atoms with Crippen LogP contribution in [0.4, 0.5) is 4.39 Å². The van der Waals surface area contributed by atoms with E-state index in [9.17, 15) is 9.18 Å². The molecule has 0 spiro atoms. The van der Waals surface area contributed by atoms with E-state index >= 15 is 0 Å². The minimum absolute atomic E-state index is 0.297. The Morgan fingerprint density at radius 2 is 1.65 bits per heavy atom. The zero-order chi connectivity index (χ0) is 14.7.